The van der Waals surface area contributed by atoms with Crippen molar-refractivity contribution in [2.75, 3.05) is 30.5 Å². The van der Waals surface area contributed by atoms with Crippen molar-refractivity contribution < 1.29 is 79.0 Å². The zero-order chi connectivity index (χ0) is 14.2. The van der Waals surface area contributed by atoms with Crippen molar-refractivity contribution >= 4 is 27.8 Å². The molecule has 0 aromatic rings. The minimum absolute atomic E-state index is 0. The Balaban J connectivity index is 0. The van der Waals surface area contributed by atoms with E-state index in [4.69, 9.17) is 9.84 Å². The molecule has 0 rings (SSSR count). The van der Waals surface area contributed by atoms with Crippen LogP contribution in [0, 0.1) is 5.41 Å². The number of rotatable bonds is 9. The fourth-order valence-corrected chi connectivity index (χ4v) is 2.42. The molecule has 0 fully saturated rings. The Labute approximate surface area is 161 Å². The van der Waals surface area contributed by atoms with Gasteiger partial charge in [-0.05, 0) is 20.3 Å². The third-order valence-electron chi connectivity index (χ3n) is 2.02. The molecule has 1 N–H and O–H groups in total. The molecular formula is C10H19KO6S2. The van der Waals surface area contributed by atoms with Crippen molar-refractivity contribution in [3.05, 3.63) is 0 Å². The van der Waals surface area contributed by atoms with Crippen molar-refractivity contribution in [1.82, 2.24) is 0 Å². The minimum Gasteiger partial charge on any atom is -0.748 e. The molecule has 0 aromatic carbocycles. The zero-order valence-corrected chi connectivity index (χ0v) is 16.3. The number of thioether (sulfide) groups is 1. The van der Waals surface area contributed by atoms with E-state index in [-0.39, 0.29) is 71.0 Å². The largest absolute Gasteiger partial charge is 1.00 e. The summed E-state index contributed by atoms with van der Waals surface area (Å²) in [6, 6.07) is 0. The second-order valence-electron chi connectivity index (χ2n) is 4.41. The number of carbonyl (C=O) groups is 1. The normalized spacial score (nSPS) is 11.8. The summed E-state index contributed by atoms with van der Waals surface area (Å²) in [6.07, 6.45) is 0.0113. The molecule has 0 aliphatic rings. The first-order valence-corrected chi connectivity index (χ1v) is 8.21. The summed E-state index contributed by atoms with van der Waals surface area (Å²) < 4.78 is 35.9. The number of aliphatic hydroxyl groups excluding tert-OH is 1. The summed E-state index contributed by atoms with van der Waals surface area (Å²) in [5.41, 5.74) is -0.698. The van der Waals surface area contributed by atoms with Gasteiger partial charge in [0.25, 0.3) is 0 Å². The van der Waals surface area contributed by atoms with Crippen LogP contribution in [0.5, 0.6) is 0 Å². The van der Waals surface area contributed by atoms with Crippen LogP contribution < -0.4 is 51.4 Å². The average Bonchev–Trinajstić information content (AvgIpc) is 2.23. The average molecular weight is 338 g/mol. The van der Waals surface area contributed by atoms with E-state index >= 15 is 0 Å². The Kier molecular flexibility index (Phi) is 13.0. The molecule has 19 heavy (non-hydrogen) atoms. The van der Waals surface area contributed by atoms with E-state index in [1.807, 2.05) is 0 Å². The second-order valence-corrected chi connectivity index (χ2v) is 7.04. The molecule has 0 unspecified atom stereocenters. The molecule has 0 saturated heterocycles. The van der Waals surface area contributed by atoms with Gasteiger partial charge in [-0.15, -0.1) is 0 Å². The number of esters is 1. The van der Waals surface area contributed by atoms with Crippen LogP contribution in [0.1, 0.15) is 20.3 Å². The van der Waals surface area contributed by atoms with Gasteiger partial charge in [0.2, 0.25) is 0 Å². The number of carbonyl (C=O) groups excluding carboxylic acids is 1. The molecule has 0 bridgehead atoms. The summed E-state index contributed by atoms with van der Waals surface area (Å²) in [5.74, 6) is 0.0911. The molecule has 0 radical (unpaired) electrons. The molecule has 0 saturated carbocycles. The van der Waals surface area contributed by atoms with Crippen molar-refractivity contribution in [3.63, 3.8) is 0 Å². The first kappa shape index (κ1) is 22.6. The van der Waals surface area contributed by atoms with Gasteiger partial charge in [0.05, 0.1) is 28.7 Å². The van der Waals surface area contributed by atoms with Crippen LogP contribution in [-0.2, 0) is 19.6 Å². The Morgan fingerprint density at radius 3 is 2.47 bits per heavy atom. The van der Waals surface area contributed by atoms with Gasteiger partial charge in [-0.25, -0.2) is 8.42 Å². The van der Waals surface area contributed by atoms with Gasteiger partial charge >= 0.3 is 57.4 Å². The first-order chi connectivity index (χ1) is 8.19. The van der Waals surface area contributed by atoms with Crippen LogP contribution in [0.4, 0.5) is 0 Å². The fourth-order valence-electron chi connectivity index (χ4n) is 1.05. The van der Waals surface area contributed by atoms with Crippen molar-refractivity contribution in [3.8, 4) is 0 Å². The molecule has 0 atom stereocenters. The molecule has 0 heterocycles. The maximum Gasteiger partial charge on any atom is 1.00 e. The quantitative estimate of drug-likeness (QED) is 0.210. The van der Waals surface area contributed by atoms with Crippen LogP contribution in [0.25, 0.3) is 0 Å². The predicted molar refractivity (Wildman–Crippen MR) is 68.3 cm³/mol. The minimum atomic E-state index is -4.25. The van der Waals surface area contributed by atoms with Crippen LogP contribution in [0.3, 0.4) is 0 Å². The standard InChI is InChI=1S/C10H20O6S2.K/c1-10(2,8-17-6-4-11)9(12)16-5-3-7-18(13,14)15;/h11H,3-8H2,1-2H3,(H,13,14,15);/q;+1/p-1. The number of aliphatic hydroxyl groups is 1. The second kappa shape index (κ2) is 11.0. The zero-order valence-electron chi connectivity index (χ0n) is 11.5. The van der Waals surface area contributed by atoms with E-state index in [1.165, 1.54) is 11.8 Å². The van der Waals surface area contributed by atoms with E-state index in [2.05, 4.69) is 0 Å². The van der Waals surface area contributed by atoms with Crippen molar-refractivity contribution in [2.45, 2.75) is 20.3 Å². The summed E-state index contributed by atoms with van der Waals surface area (Å²) in [5, 5.41) is 8.63. The van der Waals surface area contributed by atoms with Crippen LogP contribution in [-0.4, -0.2) is 54.5 Å². The molecular weight excluding hydrogens is 319 g/mol. The predicted octanol–water partition coefficient (Wildman–Crippen LogP) is -2.78. The molecule has 0 aliphatic heterocycles. The molecule has 0 amide bonds. The van der Waals surface area contributed by atoms with Crippen LogP contribution in [0.2, 0.25) is 0 Å². The first-order valence-electron chi connectivity index (χ1n) is 5.48. The SMILES string of the molecule is CC(C)(CSCCO)C(=O)OCCCS(=O)(=O)[O-].[K+]. The van der Waals surface area contributed by atoms with E-state index in [0.717, 1.165) is 0 Å². The molecule has 0 spiro atoms. The summed E-state index contributed by atoms with van der Waals surface area (Å²) >= 11 is 1.44. The monoisotopic (exact) mass is 338 g/mol. The summed E-state index contributed by atoms with van der Waals surface area (Å²) in [7, 11) is -4.25. The third-order valence-corrected chi connectivity index (χ3v) is 4.21. The topological polar surface area (TPSA) is 104 Å². The van der Waals surface area contributed by atoms with Gasteiger partial charge in [-0.2, -0.15) is 11.8 Å². The molecule has 0 aliphatic carbocycles. The van der Waals surface area contributed by atoms with E-state index in [1.54, 1.807) is 13.8 Å². The Bertz CT molecular complexity index is 355. The number of ether oxygens (including phenoxy) is 1. The fraction of sp³-hybridized carbons (Fsp3) is 0.900. The Morgan fingerprint density at radius 1 is 1.42 bits per heavy atom. The van der Waals surface area contributed by atoms with Gasteiger partial charge < -0.3 is 14.4 Å². The Hall–Kier alpha value is 1.33. The molecule has 6 nitrogen and oxygen atoms in total. The smallest absolute Gasteiger partial charge is 0.748 e. The van der Waals surface area contributed by atoms with Gasteiger partial charge in [0.15, 0.2) is 0 Å². The van der Waals surface area contributed by atoms with Crippen LogP contribution in [0.15, 0.2) is 0 Å². The third kappa shape index (κ3) is 12.8. The maximum absolute atomic E-state index is 11.7. The molecule has 108 valence electrons. The number of hydrogen-bond donors (Lipinski definition) is 1. The van der Waals surface area contributed by atoms with Gasteiger partial charge in [0.1, 0.15) is 0 Å². The maximum atomic E-state index is 11.7. The van der Waals surface area contributed by atoms with Gasteiger partial charge in [-0.3, -0.25) is 4.79 Å². The van der Waals surface area contributed by atoms with E-state index < -0.39 is 27.3 Å². The molecule has 0 aromatic heterocycles. The van der Waals surface area contributed by atoms with Gasteiger partial charge in [0, 0.05) is 17.3 Å². The van der Waals surface area contributed by atoms with Crippen LogP contribution >= 0.6 is 11.8 Å². The van der Waals surface area contributed by atoms with E-state index in [0.29, 0.717) is 11.5 Å². The van der Waals surface area contributed by atoms with E-state index in [9.17, 15) is 17.8 Å². The van der Waals surface area contributed by atoms with Crippen molar-refractivity contribution in [2.24, 2.45) is 5.41 Å². The number of hydrogen-bond acceptors (Lipinski definition) is 7. The Morgan fingerprint density at radius 2 is 2.00 bits per heavy atom. The molecule has 9 heteroatoms. The summed E-state index contributed by atoms with van der Waals surface area (Å²) in [4.78, 5) is 11.7. The van der Waals surface area contributed by atoms with Crippen molar-refractivity contribution in [1.29, 1.82) is 0 Å². The van der Waals surface area contributed by atoms with Gasteiger partial charge in [-0.1, -0.05) is 0 Å². The summed E-state index contributed by atoms with van der Waals surface area (Å²) in [6.45, 7) is 3.40.